The smallest absolute Gasteiger partial charge is 0.392 e. The molecule has 3 N–H and O–H groups in total. The maximum absolute atomic E-state index is 13.1. The van der Waals surface area contributed by atoms with Crippen molar-refractivity contribution in [3.63, 3.8) is 0 Å². The predicted molar refractivity (Wildman–Crippen MR) is 249 cm³/mol. The number of aromatic nitrogens is 3. The third-order valence-corrected chi connectivity index (χ3v) is 12.7. The Morgan fingerprint density at radius 1 is 0.575 bits per heavy atom. The molecule has 1 unspecified atom stereocenters. The Morgan fingerprint density at radius 3 is 1.56 bits per heavy atom. The van der Waals surface area contributed by atoms with Crippen molar-refractivity contribution >= 4 is 64.5 Å². The molecule has 3 aromatic carbocycles. The van der Waals surface area contributed by atoms with Crippen molar-refractivity contribution in [3.8, 4) is 0 Å². The average molecular weight is 1080 g/mol. The van der Waals surface area contributed by atoms with Crippen LogP contribution in [0.1, 0.15) is 109 Å². The van der Waals surface area contributed by atoms with Gasteiger partial charge in [-0.15, -0.1) is 0 Å². The van der Waals surface area contributed by atoms with Crippen molar-refractivity contribution in [3.05, 3.63) is 196 Å². The summed E-state index contributed by atoms with van der Waals surface area (Å²) in [6.45, 7) is -0.737. The Kier molecular flexibility index (Phi) is 17.8. The van der Waals surface area contributed by atoms with Gasteiger partial charge in [0.1, 0.15) is 5.69 Å². The molecule has 1 atom stereocenters. The summed E-state index contributed by atoms with van der Waals surface area (Å²) in [5, 5.41) is 28.6. The number of carbonyl (C=O) groups is 4. The minimum Gasteiger partial charge on any atom is -0.392 e. The highest BCUT2D eigenvalue weighted by molar-refractivity contribution is 6.32. The number of aliphatic hydroxyl groups excluding tert-OH is 3. The monoisotopic (exact) mass is 1080 g/mol. The number of hydrogen-bond donors (Lipinski definition) is 3. The van der Waals surface area contributed by atoms with E-state index in [-0.39, 0.29) is 73.3 Å². The molecule has 10 nitrogen and oxygen atoms in total. The molecule has 3 heterocycles. The molecule has 0 spiro atoms. The SMILES string of the molecule is O=C1/C(=C/c2ncccc2C(F)(F)F)Cc2cc(Cl)c(CO)cc21.O=C1CCc2cc(Cl)c(CO)cc21.O=C1c2cc(CO)c(Cl)cc2CC1Cc1ncccc1C(F)(F)F.O=Cc1ncccc1C(F)(F)F. The van der Waals surface area contributed by atoms with Crippen molar-refractivity contribution in [2.24, 2.45) is 5.92 Å². The number of carbonyl (C=O) groups excluding carboxylic acids is 4. The second-order valence-corrected chi connectivity index (χ2v) is 17.5. The molecule has 3 aromatic heterocycles. The van der Waals surface area contributed by atoms with E-state index in [1.54, 1.807) is 24.3 Å². The molecule has 6 aromatic rings. The standard InChI is InChI=1S/C17H13ClF3NO2.C17H11ClF3NO2.C10H9ClO2.C7H4F3NO/c2*18-14-6-9-4-10(16(24)12(9)5-11(14)8-23)7-15-13(17(19,20)21)2-1-3-22-15;11-9-4-6-1-2-10(13)8(6)3-7(9)5-12;8-7(9,10)5-2-1-3-11-6(5)4-12/h1-3,5-6,10,23H,4,7-8H2;1-3,5-7,23H,4,8H2;3-4,12H,1-2,5H2;1-4H/b;10-7+;;. The number of fused-ring (bicyclic) bond motifs is 3. The maximum Gasteiger partial charge on any atom is 0.418 e. The number of pyridine rings is 3. The molecule has 73 heavy (non-hydrogen) atoms. The molecular formula is C51H37Cl3F9N3O7. The maximum atomic E-state index is 13.1. The number of ketones is 3. The normalized spacial score (nSPS) is 15.4. The number of aldehydes is 1. The van der Waals surface area contributed by atoms with Gasteiger partial charge in [0.15, 0.2) is 23.6 Å². The predicted octanol–water partition coefficient (Wildman–Crippen LogP) is 11.8. The first-order valence-corrected chi connectivity index (χ1v) is 22.6. The lowest BCUT2D eigenvalue weighted by molar-refractivity contribution is -0.139. The van der Waals surface area contributed by atoms with Crippen LogP contribution in [0.15, 0.2) is 97.0 Å². The van der Waals surface area contributed by atoms with Crippen LogP contribution in [-0.4, -0.2) is 53.9 Å². The number of alkyl halides is 9. The van der Waals surface area contributed by atoms with Crippen LogP contribution in [0.3, 0.4) is 0 Å². The molecule has 22 heteroatoms. The number of benzene rings is 3. The number of aryl methyl sites for hydroxylation is 1. The van der Waals surface area contributed by atoms with E-state index in [4.69, 9.17) is 39.9 Å². The quantitative estimate of drug-likeness (QED) is 0.0795. The molecule has 3 aliphatic carbocycles. The molecular weight excluding hydrogens is 1040 g/mol. The van der Waals surface area contributed by atoms with Crippen LogP contribution >= 0.6 is 34.8 Å². The zero-order chi connectivity index (χ0) is 53.6. The number of nitrogens with zero attached hydrogens (tertiary/aromatic N) is 3. The Balaban J connectivity index is 0.000000166. The van der Waals surface area contributed by atoms with Crippen molar-refractivity contribution in [1.29, 1.82) is 0 Å². The Morgan fingerprint density at radius 2 is 1.04 bits per heavy atom. The van der Waals surface area contributed by atoms with Gasteiger partial charge in [-0.05, 0) is 125 Å². The summed E-state index contributed by atoms with van der Waals surface area (Å²) < 4.78 is 114. The molecule has 0 bridgehead atoms. The summed E-state index contributed by atoms with van der Waals surface area (Å²) in [6, 6.07) is 15.9. The van der Waals surface area contributed by atoms with E-state index in [9.17, 15) is 68.9 Å². The zero-order valence-corrected chi connectivity index (χ0v) is 39.7. The van der Waals surface area contributed by atoms with Gasteiger partial charge in [-0.2, -0.15) is 39.5 Å². The fourth-order valence-electron chi connectivity index (χ4n) is 8.05. The van der Waals surface area contributed by atoms with Gasteiger partial charge in [-0.1, -0.05) is 34.8 Å². The second-order valence-electron chi connectivity index (χ2n) is 16.3. The Hall–Kier alpha value is -6.35. The van der Waals surface area contributed by atoms with Gasteiger partial charge in [0.25, 0.3) is 0 Å². The van der Waals surface area contributed by atoms with Gasteiger partial charge in [-0.3, -0.25) is 34.1 Å². The molecule has 0 fully saturated rings. The molecule has 0 saturated carbocycles. The van der Waals surface area contributed by atoms with Crippen LogP contribution in [0.25, 0.3) is 6.08 Å². The van der Waals surface area contributed by atoms with Crippen LogP contribution in [-0.2, 0) is 64.0 Å². The highest BCUT2D eigenvalue weighted by Crippen LogP contribution is 2.38. The third-order valence-electron chi connectivity index (χ3n) is 11.6. The van der Waals surface area contributed by atoms with Crippen LogP contribution in [0, 0.1) is 5.92 Å². The molecule has 0 saturated heterocycles. The lowest BCUT2D eigenvalue weighted by atomic mass is 9.96. The van der Waals surface area contributed by atoms with Crippen LogP contribution < -0.4 is 0 Å². The number of rotatable bonds is 7. The van der Waals surface area contributed by atoms with Crippen LogP contribution in [0.2, 0.25) is 15.1 Å². The van der Waals surface area contributed by atoms with Gasteiger partial charge < -0.3 is 15.3 Å². The van der Waals surface area contributed by atoms with Gasteiger partial charge in [0.05, 0.1) is 47.9 Å². The zero-order valence-electron chi connectivity index (χ0n) is 37.4. The Labute approximate surface area is 424 Å². The number of allylic oxidation sites excluding steroid dienone is 1. The van der Waals surface area contributed by atoms with E-state index in [1.165, 1.54) is 36.7 Å². The van der Waals surface area contributed by atoms with Crippen molar-refractivity contribution in [2.45, 2.75) is 70.5 Å². The molecule has 3 aliphatic rings. The summed E-state index contributed by atoms with van der Waals surface area (Å²) >= 11 is 17.9. The van der Waals surface area contributed by atoms with Crippen molar-refractivity contribution < 1.29 is 74.0 Å². The topological polar surface area (TPSA) is 168 Å². The summed E-state index contributed by atoms with van der Waals surface area (Å²) in [5.41, 5.74) is 1.77. The fraction of sp³-hybridized carbons (Fsp3) is 0.235. The van der Waals surface area contributed by atoms with E-state index in [1.807, 2.05) is 0 Å². The number of aliphatic hydroxyl groups is 3. The fourth-order valence-corrected chi connectivity index (χ4v) is 8.78. The highest BCUT2D eigenvalue weighted by atomic mass is 35.5. The van der Waals surface area contributed by atoms with Gasteiger partial charge in [0, 0.05) is 81.1 Å². The first-order valence-electron chi connectivity index (χ1n) is 21.5. The largest absolute Gasteiger partial charge is 0.418 e. The lowest BCUT2D eigenvalue weighted by Gasteiger charge is -2.13. The minimum absolute atomic E-state index is 0.0861. The minimum atomic E-state index is -4.55. The molecule has 9 rings (SSSR count). The highest BCUT2D eigenvalue weighted by Gasteiger charge is 2.38. The second kappa shape index (κ2) is 23.2. The first-order chi connectivity index (χ1) is 34.4. The van der Waals surface area contributed by atoms with E-state index in [0.29, 0.717) is 66.9 Å². The van der Waals surface area contributed by atoms with Crippen molar-refractivity contribution in [1.82, 2.24) is 15.0 Å². The van der Waals surface area contributed by atoms with Gasteiger partial charge >= 0.3 is 18.5 Å². The third kappa shape index (κ3) is 13.3. The number of hydrogen-bond acceptors (Lipinski definition) is 10. The van der Waals surface area contributed by atoms with Crippen molar-refractivity contribution in [2.75, 3.05) is 0 Å². The first kappa shape index (κ1) is 56.0. The summed E-state index contributed by atoms with van der Waals surface area (Å²) in [5.74, 6) is -1.08. The average Bonchev–Trinajstić information content (AvgIpc) is 3.96. The van der Waals surface area contributed by atoms with Crippen LogP contribution in [0.4, 0.5) is 39.5 Å². The van der Waals surface area contributed by atoms with Gasteiger partial charge in [-0.25, -0.2) is 0 Å². The van der Waals surface area contributed by atoms with E-state index in [2.05, 4.69) is 15.0 Å². The number of halogens is 12. The molecule has 382 valence electrons. The molecule has 0 radical (unpaired) electrons. The summed E-state index contributed by atoms with van der Waals surface area (Å²) in [4.78, 5) is 57.2. The lowest BCUT2D eigenvalue weighted by Crippen LogP contribution is -2.17. The molecule has 0 amide bonds. The van der Waals surface area contributed by atoms with E-state index in [0.717, 1.165) is 54.1 Å². The number of Topliss-reactive ketones (excluding diaryl/α,β-unsaturated/α-hetero) is 3. The van der Waals surface area contributed by atoms with E-state index < -0.39 is 46.8 Å². The summed E-state index contributed by atoms with van der Waals surface area (Å²) in [6.07, 6.45) is -6.90. The summed E-state index contributed by atoms with van der Waals surface area (Å²) in [7, 11) is 0. The van der Waals surface area contributed by atoms with E-state index >= 15 is 0 Å². The van der Waals surface area contributed by atoms with Gasteiger partial charge in [0.2, 0.25) is 0 Å². The Bertz CT molecular complexity index is 3130. The van der Waals surface area contributed by atoms with Crippen LogP contribution in [0.5, 0.6) is 0 Å². The molecule has 0 aliphatic heterocycles.